The summed E-state index contributed by atoms with van der Waals surface area (Å²) in [5, 5.41) is 4.33. The Labute approximate surface area is 118 Å². The summed E-state index contributed by atoms with van der Waals surface area (Å²) >= 11 is 3.63. The number of hydrogen-bond donors (Lipinski definition) is 2. The van der Waals surface area contributed by atoms with E-state index in [1.807, 2.05) is 27.7 Å². The van der Waals surface area contributed by atoms with Crippen molar-refractivity contribution in [3.63, 3.8) is 0 Å². The molecule has 0 aromatic heterocycles. The molecule has 0 heterocycles. The lowest BCUT2D eigenvalue weighted by atomic mass is 10.1. The minimum atomic E-state index is -0.461. The molecule has 0 bridgehead atoms. The maximum absolute atomic E-state index is 11.2. The first-order valence-electron chi connectivity index (χ1n) is 6.45. The molecule has 0 unspecified atom stereocenters. The van der Waals surface area contributed by atoms with Crippen LogP contribution in [0.4, 0.5) is 0 Å². The number of aliphatic hydroxyl groups is 1. The molecule has 0 saturated heterocycles. The monoisotopic (exact) mass is 281 g/mol. The predicted molar refractivity (Wildman–Crippen MR) is 73.8 cm³/mol. The van der Waals surface area contributed by atoms with Crippen LogP contribution in [0.15, 0.2) is 0 Å². The predicted octanol–water partition coefficient (Wildman–Crippen LogP) is 1.22. The highest BCUT2D eigenvalue weighted by Crippen LogP contribution is 2.09. The molecule has 0 spiro atoms. The largest absolute Gasteiger partial charge is 0.460 e. The normalized spacial score (nSPS) is 12.1. The number of hydrogen-bond acceptors (Lipinski definition) is 6. The molecule has 0 aliphatic heterocycles. The van der Waals surface area contributed by atoms with Crippen LogP contribution in [-0.4, -0.2) is 38.2 Å². The Morgan fingerprint density at radius 2 is 2.06 bits per heavy atom. The Balaban J connectivity index is -0.000000343. The molecular weight excluding hydrogens is 255 g/mol. The Kier molecular flexibility index (Phi) is 13.7. The molecule has 0 saturated carbocycles. The molecule has 7 heteroatoms. The summed E-state index contributed by atoms with van der Waals surface area (Å²) in [6.45, 7) is 8.78. The van der Waals surface area contributed by atoms with E-state index in [1.165, 1.54) is 0 Å². The molecule has 106 valence electrons. The smallest absolute Gasteiger partial charge is 0.373 e. The molecule has 0 radical (unpaired) electrons. The van der Waals surface area contributed by atoms with Gasteiger partial charge in [0.15, 0.2) is 6.52 Å². The molecule has 1 N–H and O–H groups in total. The highest BCUT2D eigenvalue weighted by molar-refractivity contribution is 8.06. The number of carbonyl (C=O) groups excluding carboxylic acids is 3. The van der Waals surface area contributed by atoms with Crippen molar-refractivity contribution in [2.24, 2.45) is 0 Å². The van der Waals surface area contributed by atoms with E-state index >= 15 is 0 Å². The van der Waals surface area contributed by atoms with Gasteiger partial charge in [0, 0.05) is 0 Å². The van der Waals surface area contributed by atoms with Crippen LogP contribution in [0.5, 0.6) is 0 Å². The van der Waals surface area contributed by atoms with Gasteiger partial charge >= 0.3 is 12.1 Å². The summed E-state index contributed by atoms with van der Waals surface area (Å²) in [6, 6.07) is 0. The summed E-state index contributed by atoms with van der Waals surface area (Å²) in [5.74, 6) is -0.313. The van der Waals surface area contributed by atoms with Gasteiger partial charge in [-0.15, -0.1) is 0 Å². The Hall–Kier alpha value is -0.775. The zero-order valence-corrected chi connectivity index (χ0v) is 12.5. The summed E-state index contributed by atoms with van der Waals surface area (Å²) < 4.78 is 18.2. The first kappa shape index (κ1) is 17.2. The standard InChI is InChI=1S/C9H18O3.CH5BS.CO2/c1-5-7(10)6-8(11)12-9(2,3)4;1-2-3;2-1-3/h7,10H,5-6H2,1-4H3;2-3H,1H3;/t7-;;/m0../s1/i10T;2D;. The van der Waals surface area contributed by atoms with Crippen molar-refractivity contribution in [1.82, 2.24) is 0 Å². The molecule has 0 fully saturated rings. The minimum absolute atomic E-state index is 0.150. The van der Waals surface area contributed by atoms with Gasteiger partial charge in [-0.3, -0.25) is 4.79 Å². The Morgan fingerprint density at radius 1 is 1.67 bits per heavy atom. The second-order valence-corrected chi connectivity index (χ2v) is 4.68. The lowest BCUT2D eigenvalue weighted by molar-refractivity contribution is -0.191. The lowest BCUT2D eigenvalue weighted by Gasteiger charge is -2.20. The quantitative estimate of drug-likeness (QED) is 0.460. The molecule has 1 atom stereocenters. The van der Waals surface area contributed by atoms with Crippen LogP contribution in [0.1, 0.15) is 40.5 Å². The van der Waals surface area contributed by atoms with E-state index in [4.69, 9.17) is 17.1 Å². The maximum atomic E-state index is 11.2. The van der Waals surface area contributed by atoms with Gasteiger partial charge in [-0.1, -0.05) is 13.7 Å². The number of rotatable bonds is 4. The summed E-state index contributed by atoms with van der Waals surface area (Å²) in [5.41, 5.74) is -0.461. The SMILES string of the molecule is O=C=O.[2H]B(C)S.[3H]O[C@@H](CC)CC(=O)OC(C)(C)C. The van der Waals surface area contributed by atoms with Crippen molar-refractivity contribution in [1.29, 1.82) is 2.77 Å². The third-order valence-electron chi connectivity index (χ3n) is 1.27. The van der Waals surface area contributed by atoms with Crippen molar-refractivity contribution in [3.8, 4) is 0 Å². The van der Waals surface area contributed by atoms with Crippen molar-refractivity contribution >= 4 is 31.1 Å². The van der Waals surface area contributed by atoms with Gasteiger partial charge in [0.1, 0.15) is 5.60 Å². The third kappa shape index (κ3) is 29.5. The van der Waals surface area contributed by atoms with E-state index < -0.39 is 5.60 Å². The molecule has 0 aliphatic rings. The number of thiol groups is 1. The molecule has 5 nitrogen and oxygen atoms in total. The van der Waals surface area contributed by atoms with E-state index in [-0.39, 0.29) is 31.2 Å². The van der Waals surface area contributed by atoms with E-state index in [2.05, 4.69) is 17.6 Å². The van der Waals surface area contributed by atoms with Crippen molar-refractivity contribution < 1.29 is 24.2 Å². The van der Waals surface area contributed by atoms with Crippen LogP contribution in [0.25, 0.3) is 0 Å². The van der Waals surface area contributed by atoms with Gasteiger partial charge in [0.05, 0.1) is 12.5 Å². The van der Waals surface area contributed by atoms with Crippen LogP contribution < -0.4 is 0 Å². The molecule has 0 rings (SSSR count). The van der Waals surface area contributed by atoms with Gasteiger partial charge in [-0.05, 0) is 28.5 Å². The molecule has 18 heavy (non-hydrogen) atoms. The average Bonchev–Trinajstić information content (AvgIpc) is 2.23. The molecule has 0 aromatic carbocycles. The highest BCUT2D eigenvalue weighted by atomic mass is 32.1. The zero-order valence-electron chi connectivity index (χ0n) is 13.6. The molecule has 0 aliphatic carbocycles. The second kappa shape index (κ2) is 14.3. The van der Waals surface area contributed by atoms with E-state index in [1.54, 1.807) is 6.82 Å². The van der Waals surface area contributed by atoms with Crippen LogP contribution in [0.2, 0.25) is 6.82 Å². The van der Waals surface area contributed by atoms with Crippen LogP contribution in [0, 0.1) is 0 Å². The third-order valence-corrected chi connectivity index (χ3v) is 1.27. The number of ether oxygens (including phenoxy) is 1. The van der Waals surface area contributed by atoms with Gasteiger partial charge in [-0.2, -0.15) is 9.59 Å². The maximum Gasteiger partial charge on any atom is 0.373 e. The Bertz CT molecular complexity index is 272. The fraction of sp³-hybridized carbons (Fsp3) is 0.818. The van der Waals surface area contributed by atoms with E-state index in [0.717, 1.165) is 0 Å². The van der Waals surface area contributed by atoms with Gasteiger partial charge < -0.3 is 9.85 Å². The lowest BCUT2D eigenvalue weighted by Crippen LogP contribution is -2.26. The van der Waals surface area contributed by atoms with Crippen molar-refractivity contribution in [2.75, 3.05) is 0 Å². The van der Waals surface area contributed by atoms with E-state index in [9.17, 15) is 4.79 Å². The fourth-order valence-electron chi connectivity index (χ4n) is 0.713. The highest BCUT2D eigenvalue weighted by Gasteiger charge is 2.18. The zero-order chi connectivity index (χ0) is 16.8. The summed E-state index contributed by atoms with van der Waals surface area (Å²) in [4.78, 5) is 27.5. The van der Waals surface area contributed by atoms with Gasteiger partial charge in [-0.25, -0.2) is 12.5 Å². The van der Waals surface area contributed by atoms with Gasteiger partial charge in [0.2, 0.25) is 1.43 Å². The van der Waals surface area contributed by atoms with Crippen LogP contribution in [0.3, 0.4) is 0 Å². The van der Waals surface area contributed by atoms with E-state index in [0.29, 0.717) is 6.42 Å². The van der Waals surface area contributed by atoms with Crippen molar-refractivity contribution in [2.45, 2.75) is 59.1 Å². The number of carbonyl (C=O) groups is 1. The fourth-order valence-corrected chi connectivity index (χ4v) is 0.713. The first-order chi connectivity index (χ1) is 9.03. The van der Waals surface area contributed by atoms with Crippen LogP contribution in [-0.2, 0) is 19.1 Å². The van der Waals surface area contributed by atoms with Gasteiger partial charge in [0.25, 0.3) is 0 Å². The summed E-state index contributed by atoms with van der Waals surface area (Å²) in [7, 11) is 0. The number of esters is 1. The topological polar surface area (TPSA) is 80.7 Å². The summed E-state index contributed by atoms with van der Waals surface area (Å²) in [6.07, 6.45) is 0.690. The minimum Gasteiger partial charge on any atom is -0.460 e. The number of aliphatic hydroxyl groups excluding tert-OH is 1. The second-order valence-electron chi connectivity index (χ2n) is 4.16. The first-order valence-corrected chi connectivity index (χ1v) is 5.99. The van der Waals surface area contributed by atoms with Crippen LogP contribution >= 0.6 is 12.5 Å². The molecule has 0 amide bonds. The molecule has 0 aromatic rings. The average molecular weight is 281 g/mol. The molecular formula is C11H23BO5S. The van der Waals surface area contributed by atoms with Crippen molar-refractivity contribution in [3.05, 3.63) is 0 Å². The Morgan fingerprint density at radius 3 is 2.28 bits per heavy atom.